The first-order valence-electron chi connectivity index (χ1n) is 9.74. The Bertz CT molecular complexity index is 991. The summed E-state index contributed by atoms with van der Waals surface area (Å²) >= 11 is 0. The first-order chi connectivity index (χ1) is 14.2. The maximum Gasteiger partial charge on any atom is 0.312 e. The molecule has 11 heteroatoms. The molecule has 162 valence electrons. The first kappa shape index (κ1) is 21.8. The number of hydrogen-bond acceptors (Lipinski definition) is 5. The van der Waals surface area contributed by atoms with Crippen LogP contribution in [0.3, 0.4) is 0 Å². The predicted octanol–water partition coefficient (Wildman–Crippen LogP) is 0.129. The highest BCUT2D eigenvalue weighted by atomic mass is 32.2. The minimum Gasteiger partial charge on any atom is -0.362 e. The molecule has 1 N–H and O–H groups in total. The van der Waals surface area contributed by atoms with Gasteiger partial charge in [-0.1, -0.05) is 6.07 Å². The Labute approximate surface area is 175 Å². The lowest BCUT2D eigenvalue weighted by molar-refractivity contribution is -0.156. The van der Waals surface area contributed by atoms with Crippen molar-refractivity contribution in [3.05, 3.63) is 24.3 Å². The third-order valence-electron chi connectivity index (χ3n) is 5.09. The van der Waals surface area contributed by atoms with Gasteiger partial charge in [-0.15, -0.1) is 4.40 Å². The van der Waals surface area contributed by atoms with Crippen LogP contribution in [0.15, 0.2) is 33.6 Å². The van der Waals surface area contributed by atoms with Crippen LogP contribution in [0.25, 0.3) is 0 Å². The van der Waals surface area contributed by atoms with E-state index in [4.69, 9.17) is 0 Å². The van der Waals surface area contributed by atoms with Crippen LogP contribution in [-0.2, 0) is 24.4 Å². The molecule has 3 amide bonds. The van der Waals surface area contributed by atoms with Gasteiger partial charge in [0.15, 0.2) is 0 Å². The summed E-state index contributed by atoms with van der Waals surface area (Å²) in [6.45, 7) is 3.34. The number of nitrogens with zero attached hydrogens (tertiary/aromatic N) is 4. The second kappa shape index (κ2) is 8.82. The zero-order valence-electron chi connectivity index (χ0n) is 17.0. The Morgan fingerprint density at radius 3 is 2.50 bits per heavy atom. The molecular weight excluding hydrogens is 410 g/mol. The van der Waals surface area contributed by atoms with Crippen molar-refractivity contribution in [1.82, 2.24) is 14.7 Å². The van der Waals surface area contributed by atoms with Crippen molar-refractivity contribution in [3.8, 4) is 0 Å². The molecule has 30 heavy (non-hydrogen) atoms. The van der Waals surface area contributed by atoms with Crippen LogP contribution in [0.2, 0.25) is 0 Å². The van der Waals surface area contributed by atoms with Gasteiger partial charge in [-0.2, -0.15) is 8.42 Å². The fraction of sp³-hybridized carbons (Fsp3) is 0.474. The molecule has 0 saturated carbocycles. The normalized spacial score (nSPS) is 19.0. The highest BCUT2D eigenvalue weighted by Gasteiger charge is 2.32. The predicted molar refractivity (Wildman–Crippen MR) is 110 cm³/mol. The molecule has 10 nitrogen and oxygen atoms in total. The Balaban J connectivity index is 1.67. The molecule has 2 saturated heterocycles. The lowest BCUT2D eigenvalue weighted by Gasteiger charge is -2.32. The second-order valence-electron chi connectivity index (χ2n) is 7.20. The zero-order valence-corrected chi connectivity index (χ0v) is 17.8. The van der Waals surface area contributed by atoms with Gasteiger partial charge < -0.3 is 20.0 Å². The summed E-state index contributed by atoms with van der Waals surface area (Å²) in [6.07, 6.45) is 1.46. The zero-order chi connectivity index (χ0) is 21.9. The summed E-state index contributed by atoms with van der Waals surface area (Å²) in [5.74, 6) is -1.34. The van der Waals surface area contributed by atoms with Crippen molar-refractivity contribution in [2.24, 2.45) is 4.40 Å². The monoisotopic (exact) mass is 435 g/mol. The molecule has 3 rings (SSSR count). The smallest absolute Gasteiger partial charge is 0.312 e. The van der Waals surface area contributed by atoms with Gasteiger partial charge in [0.25, 0.3) is 10.0 Å². The average molecular weight is 436 g/mol. The molecule has 2 fully saturated rings. The Morgan fingerprint density at radius 1 is 1.13 bits per heavy atom. The molecule has 0 radical (unpaired) electrons. The number of anilines is 1. The molecular formula is C19H25N5O5S. The molecule has 1 aromatic carbocycles. The van der Waals surface area contributed by atoms with Gasteiger partial charge in [0.1, 0.15) is 12.4 Å². The second-order valence-corrected chi connectivity index (χ2v) is 8.80. The highest BCUT2D eigenvalue weighted by molar-refractivity contribution is 7.90. The molecule has 0 aliphatic carbocycles. The van der Waals surface area contributed by atoms with Gasteiger partial charge in [-0.25, -0.2) is 0 Å². The molecule has 0 bridgehead atoms. The van der Waals surface area contributed by atoms with Crippen molar-refractivity contribution < 1.29 is 22.8 Å². The summed E-state index contributed by atoms with van der Waals surface area (Å²) in [6, 6.07) is 5.80. The number of carbonyl (C=O) groups is 3. The van der Waals surface area contributed by atoms with Crippen LogP contribution in [0, 0.1) is 0 Å². The van der Waals surface area contributed by atoms with Crippen LogP contribution < -0.4 is 5.32 Å². The lowest BCUT2D eigenvalue weighted by atomic mass is 10.2. The average Bonchev–Trinajstić information content (AvgIpc) is 3.10. The van der Waals surface area contributed by atoms with E-state index in [1.165, 1.54) is 28.0 Å². The summed E-state index contributed by atoms with van der Waals surface area (Å²) in [5.41, 5.74) is 0.270. The number of sulfonamides is 1. The third-order valence-corrected chi connectivity index (χ3v) is 6.39. The van der Waals surface area contributed by atoms with Crippen molar-refractivity contribution in [3.63, 3.8) is 0 Å². The SMILES string of the molecule is CCN1CCN(CC(=O)Nc2cccc(S(=O)(=O)N=C3CCCN3C)c2)C(=O)C1=O. The fourth-order valence-electron chi connectivity index (χ4n) is 3.38. The molecule has 2 aliphatic rings. The van der Waals surface area contributed by atoms with E-state index in [0.29, 0.717) is 25.3 Å². The molecule has 0 atom stereocenters. The van der Waals surface area contributed by atoms with E-state index < -0.39 is 27.7 Å². The van der Waals surface area contributed by atoms with Crippen molar-refractivity contribution in [2.45, 2.75) is 24.7 Å². The molecule has 0 aromatic heterocycles. The number of amidine groups is 1. The van der Waals surface area contributed by atoms with Gasteiger partial charge in [0.2, 0.25) is 5.91 Å². The number of rotatable bonds is 6. The molecule has 0 unspecified atom stereocenters. The maximum atomic E-state index is 12.6. The first-order valence-corrected chi connectivity index (χ1v) is 11.2. The van der Waals surface area contributed by atoms with Gasteiger partial charge in [-0.05, 0) is 31.5 Å². The highest BCUT2D eigenvalue weighted by Crippen LogP contribution is 2.20. The van der Waals surface area contributed by atoms with Crippen LogP contribution in [-0.4, -0.2) is 86.4 Å². The lowest BCUT2D eigenvalue weighted by Crippen LogP contribution is -2.55. The van der Waals surface area contributed by atoms with Crippen LogP contribution in [0.5, 0.6) is 0 Å². The summed E-state index contributed by atoms with van der Waals surface area (Å²) in [4.78, 5) is 40.8. The van der Waals surface area contributed by atoms with E-state index in [9.17, 15) is 22.8 Å². The van der Waals surface area contributed by atoms with E-state index in [-0.39, 0.29) is 23.7 Å². The molecule has 2 aliphatic heterocycles. The number of nitrogens with one attached hydrogen (secondary N) is 1. The van der Waals surface area contributed by atoms with E-state index >= 15 is 0 Å². The number of benzene rings is 1. The molecule has 2 heterocycles. The number of amides is 3. The van der Waals surface area contributed by atoms with Crippen LogP contribution >= 0.6 is 0 Å². The number of carbonyl (C=O) groups excluding carboxylic acids is 3. The van der Waals surface area contributed by atoms with E-state index in [1.807, 2.05) is 0 Å². The number of likely N-dealkylation sites (tertiary alicyclic amines) is 1. The maximum absolute atomic E-state index is 12.6. The van der Waals surface area contributed by atoms with Crippen LogP contribution in [0.4, 0.5) is 5.69 Å². The number of hydrogen-bond donors (Lipinski definition) is 1. The Kier molecular flexibility index (Phi) is 6.40. The van der Waals surface area contributed by atoms with E-state index in [1.54, 1.807) is 24.9 Å². The van der Waals surface area contributed by atoms with E-state index in [0.717, 1.165) is 13.0 Å². The van der Waals surface area contributed by atoms with Crippen molar-refractivity contribution in [2.75, 3.05) is 45.1 Å². The molecule has 0 spiro atoms. The largest absolute Gasteiger partial charge is 0.362 e. The fourth-order valence-corrected chi connectivity index (χ4v) is 4.52. The standard InChI is InChI=1S/C19H25N5O5S/c1-3-23-10-11-24(19(27)18(23)26)13-17(25)20-14-6-4-7-15(12-14)30(28,29)21-16-8-5-9-22(16)2/h4,6-7,12H,3,5,8-11,13H2,1-2H3,(H,20,25). The van der Waals surface area contributed by atoms with Gasteiger partial charge in [0, 0.05) is 45.3 Å². The van der Waals surface area contributed by atoms with Crippen molar-refractivity contribution >= 4 is 39.3 Å². The van der Waals surface area contributed by atoms with Gasteiger partial charge in [0.05, 0.1) is 4.90 Å². The van der Waals surface area contributed by atoms with E-state index in [2.05, 4.69) is 9.71 Å². The Hall–Kier alpha value is -2.95. The molecule has 1 aromatic rings. The van der Waals surface area contributed by atoms with Gasteiger partial charge in [-0.3, -0.25) is 14.4 Å². The van der Waals surface area contributed by atoms with Gasteiger partial charge >= 0.3 is 11.8 Å². The topological polar surface area (TPSA) is 119 Å². The van der Waals surface area contributed by atoms with Crippen molar-refractivity contribution in [1.29, 1.82) is 0 Å². The minimum absolute atomic E-state index is 0.0316. The number of likely N-dealkylation sites (N-methyl/N-ethyl adjacent to an activating group) is 1. The third kappa shape index (κ3) is 4.78. The summed E-state index contributed by atoms with van der Waals surface area (Å²) < 4.78 is 29.1. The minimum atomic E-state index is -3.91. The quantitative estimate of drug-likeness (QED) is 0.635. The van der Waals surface area contributed by atoms with Crippen LogP contribution in [0.1, 0.15) is 19.8 Å². The summed E-state index contributed by atoms with van der Waals surface area (Å²) in [7, 11) is -2.11. The summed E-state index contributed by atoms with van der Waals surface area (Å²) in [5, 5.41) is 2.58. The number of piperazine rings is 1. The Morgan fingerprint density at radius 2 is 1.83 bits per heavy atom.